The highest BCUT2D eigenvalue weighted by Crippen LogP contribution is 2.10. The molecule has 3 N–H and O–H groups in total. The molecule has 0 fully saturated rings. The first-order valence-electron chi connectivity index (χ1n) is 6.58. The Hall–Kier alpha value is -2.97. The van der Waals surface area contributed by atoms with Gasteiger partial charge in [-0.05, 0) is 26.0 Å². The van der Waals surface area contributed by atoms with Gasteiger partial charge in [-0.3, -0.25) is 4.79 Å². The molecule has 0 saturated heterocycles. The van der Waals surface area contributed by atoms with Crippen LogP contribution in [0.3, 0.4) is 0 Å². The minimum atomic E-state index is -0.677. The van der Waals surface area contributed by atoms with Crippen LogP contribution in [0.15, 0.2) is 24.4 Å². The SMILES string of the molecule is CC(C)OC(=O)c1nnn(CC(=O)Nc2ccccn2)c1N. The van der Waals surface area contributed by atoms with Crippen molar-refractivity contribution in [2.45, 2.75) is 26.5 Å². The van der Waals surface area contributed by atoms with Gasteiger partial charge in [0.1, 0.15) is 12.4 Å². The molecule has 1 amide bonds. The van der Waals surface area contributed by atoms with Gasteiger partial charge in [0.05, 0.1) is 6.10 Å². The van der Waals surface area contributed by atoms with Crippen LogP contribution in [-0.2, 0) is 16.1 Å². The summed E-state index contributed by atoms with van der Waals surface area (Å²) in [4.78, 5) is 27.6. The minimum absolute atomic E-state index is 0.0261. The van der Waals surface area contributed by atoms with Crippen LogP contribution in [0.4, 0.5) is 11.6 Å². The molecule has 0 unspecified atom stereocenters. The van der Waals surface area contributed by atoms with E-state index in [4.69, 9.17) is 10.5 Å². The molecule has 0 aliphatic carbocycles. The van der Waals surface area contributed by atoms with Gasteiger partial charge in [0.25, 0.3) is 0 Å². The van der Waals surface area contributed by atoms with Crippen molar-refractivity contribution in [1.29, 1.82) is 0 Å². The molecule has 116 valence electrons. The normalized spacial score (nSPS) is 10.5. The second kappa shape index (κ2) is 6.66. The second-order valence-corrected chi connectivity index (χ2v) is 4.70. The van der Waals surface area contributed by atoms with Gasteiger partial charge in [0, 0.05) is 6.20 Å². The lowest BCUT2D eigenvalue weighted by molar-refractivity contribution is -0.116. The van der Waals surface area contributed by atoms with Gasteiger partial charge < -0.3 is 15.8 Å². The van der Waals surface area contributed by atoms with E-state index in [1.165, 1.54) is 0 Å². The minimum Gasteiger partial charge on any atom is -0.458 e. The maximum atomic E-state index is 11.9. The molecule has 2 aromatic rings. The summed E-state index contributed by atoms with van der Waals surface area (Å²) in [5, 5.41) is 9.91. The van der Waals surface area contributed by atoms with Gasteiger partial charge in [-0.15, -0.1) is 5.10 Å². The quantitative estimate of drug-likeness (QED) is 0.768. The Bertz CT molecular complexity index is 668. The number of anilines is 2. The third-order valence-corrected chi connectivity index (χ3v) is 2.54. The Labute approximate surface area is 126 Å². The van der Waals surface area contributed by atoms with Crippen LogP contribution in [-0.4, -0.2) is 38.0 Å². The summed E-state index contributed by atoms with van der Waals surface area (Å²) >= 11 is 0. The monoisotopic (exact) mass is 304 g/mol. The van der Waals surface area contributed by atoms with Gasteiger partial charge in [-0.2, -0.15) is 0 Å². The van der Waals surface area contributed by atoms with Crippen molar-refractivity contribution < 1.29 is 14.3 Å². The number of carbonyl (C=O) groups is 2. The van der Waals surface area contributed by atoms with E-state index in [0.717, 1.165) is 4.68 Å². The molecule has 9 heteroatoms. The third-order valence-electron chi connectivity index (χ3n) is 2.54. The van der Waals surface area contributed by atoms with Crippen LogP contribution in [0.25, 0.3) is 0 Å². The van der Waals surface area contributed by atoms with Crippen molar-refractivity contribution in [3.05, 3.63) is 30.1 Å². The molecule has 2 aromatic heterocycles. The second-order valence-electron chi connectivity index (χ2n) is 4.70. The molecule has 0 aromatic carbocycles. The Morgan fingerprint density at radius 1 is 1.41 bits per heavy atom. The van der Waals surface area contributed by atoms with E-state index in [2.05, 4.69) is 20.6 Å². The third kappa shape index (κ3) is 3.78. The summed E-state index contributed by atoms with van der Waals surface area (Å²) in [6, 6.07) is 5.12. The highest BCUT2D eigenvalue weighted by molar-refractivity contribution is 5.93. The number of nitrogens with one attached hydrogen (secondary N) is 1. The zero-order valence-corrected chi connectivity index (χ0v) is 12.2. The predicted octanol–water partition coefficient (Wildman–Crippen LogP) is 0.459. The lowest BCUT2D eigenvalue weighted by atomic mass is 10.4. The van der Waals surface area contributed by atoms with Crippen molar-refractivity contribution in [3.8, 4) is 0 Å². The summed E-state index contributed by atoms with van der Waals surface area (Å²) in [6.45, 7) is 3.22. The average molecular weight is 304 g/mol. The van der Waals surface area contributed by atoms with Gasteiger partial charge in [0.15, 0.2) is 5.82 Å². The number of carbonyl (C=O) groups excluding carboxylic acids is 2. The van der Waals surface area contributed by atoms with Crippen molar-refractivity contribution in [3.63, 3.8) is 0 Å². The van der Waals surface area contributed by atoms with Gasteiger partial charge in [-0.1, -0.05) is 11.3 Å². The van der Waals surface area contributed by atoms with E-state index in [0.29, 0.717) is 5.82 Å². The number of aromatic nitrogens is 4. The summed E-state index contributed by atoms with van der Waals surface area (Å²) in [7, 11) is 0. The van der Waals surface area contributed by atoms with Crippen molar-refractivity contribution in [2.24, 2.45) is 0 Å². The van der Waals surface area contributed by atoms with Crippen LogP contribution in [0.1, 0.15) is 24.3 Å². The van der Waals surface area contributed by atoms with E-state index in [-0.39, 0.29) is 30.1 Å². The van der Waals surface area contributed by atoms with Gasteiger partial charge >= 0.3 is 5.97 Å². The topological polar surface area (TPSA) is 125 Å². The van der Waals surface area contributed by atoms with E-state index in [1.807, 2.05) is 0 Å². The van der Waals surface area contributed by atoms with Gasteiger partial charge in [0.2, 0.25) is 11.6 Å². The molecule has 0 aliphatic rings. The first-order valence-corrected chi connectivity index (χ1v) is 6.58. The summed E-state index contributed by atoms with van der Waals surface area (Å²) in [5.41, 5.74) is 5.65. The number of hydrogen-bond donors (Lipinski definition) is 2. The lowest BCUT2D eigenvalue weighted by Crippen LogP contribution is -2.21. The van der Waals surface area contributed by atoms with E-state index >= 15 is 0 Å². The summed E-state index contributed by atoms with van der Waals surface area (Å²) in [6.07, 6.45) is 1.25. The lowest BCUT2D eigenvalue weighted by Gasteiger charge is -2.07. The number of pyridine rings is 1. The molecule has 0 atom stereocenters. The van der Waals surface area contributed by atoms with E-state index in [1.54, 1.807) is 38.2 Å². The molecule has 2 heterocycles. The molecular weight excluding hydrogens is 288 g/mol. The molecule has 0 radical (unpaired) electrons. The first-order chi connectivity index (χ1) is 10.5. The highest BCUT2D eigenvalue weighted by atomic mass is 16.5. The number of rotatable bonds is 5. The largest absolute Gasteiger partial charge is 0.458 e. The number of esters is 1. The molecule has 0 saturated carbocycles. The number of nitrogens with two attached hydrogens (primary N) is 1. The van der Waals surface area contributed by atoms with E-state index < -0.39 is 5.97 Å². The van der Waals surface area contributed by atoms with Crippen LogP contribution in [0.5, 0.6) is 0 Å². The number of nitrogen functional groups attached to an aromatic ring is 1. The van der Waals surface area contributed by atoms with Crippen molar-refractivity contribution in [1.82, 2.24) is 20.0 Å². The summed E-state index contributed by atoms with van der Waals surface area (Å²) in [5.74, 6) is -0.685. The molecule has 9 nitrogen and oxygen atoms in total. The van der Waals surface area contributed by atoms with Crippen LogP contribution in [0.2, 0.25) is 0 Å². The number of ether oxygens (including phenoxy) is 1. The smallest absolute Gasteiger partial charge is 0.363 e. The Kier molecular flexibility index (Phi) is 4.66. The molecule has 0 spiro atoms. The molecule has 0 aliphatic heterocycles. The van der Waals surface area contributed by atoms with Gasteiger partial charge in [-0.25, -0.2) is 14.5 Å². The zero-order valence-electron chi connectivity index (χ0n) is 12.2. The number of amides is 1. The number of nitrogens with zero attached hydrogens (tertiary/aromatic N) is 4. The fourth-order valence-corrected chi connectivity index (χ4v) is 1.61. The van der Waals surface area contributed by atoms with Crippen LogP contribution < -0.4 is 11.1 Å². The Morgan fingerprint density at radius 2 is 2.18 bits per heavy atom. The fourth-order valence-electron chi connectivity index (χ4n) is 1.61. The van der Waals surface area contributed by atoms with Crippen molar-refractivity contribution in [2.75, 3.05) is 11.1 Å². The zero-order chi connectivity index (χ0) is 16.1. The molecule has 2 rings (SSSR count). The van der Waals surface area contributed by atoms with Crippen LogP contribution in [0, 0.1) is 0 Å². The molecule has 0 bridgehead atoms. The maximum absolute atomic E-state index is 11.9. The average Bonchev–Trinajstić information content (AvgIpc) is 2.80. The predicted molar refractivity (Wildman–Crippen MR) is 77.9 cm³/mol. The van der Waals surface area contributed by atoms with Crippen LogP contribution >= 0.6 is 0 Å². The first kappa shape index (κ1) is 15.4. The fraction of sp³-hybridized carbons (Fsp3) is 0.308. The Balaban J connectivity index is 2.03. The maximum Gasteiger partial charge on any atom is 0.363 e. The van der Waals surface area contributed by atoms with E-state index in [9.17, 15) is 9.59 Å². The standard InChI is InChI=1S/C13H16N6O3/c1-8(2)22-13(21)11-12(14)19(18-17-11)7-10(20)16-9-5-3-4-6-15-9/h3-6,8H,7,14H2,1-2H3,(H,15,16,20). The van der Waals surface area contributed by atoms with Crippen molar-refractivity contribution >= 4 is 23.5 Å². The number of hydrogen-bond acceptors (Lipinski definition) is 7. The molecular formula is C13H16N6O3. The summed E-state index contributed by atoms with van der Waals surface area (Å²) < 4.78 is 6.11. The highest BCUT2D eigenvalue weighted by Gasteiger charge is 2.21. The Morgan fingerprint density at radius 3 is 2.82 bits per heavy atom. The molecule has 22 heavy (non-hydrogen) atoms.